The van der Waals surface area contributed by atoms with Crippen LogP contribution in [0.5, 0.6) is 0 Å². The van der Waals surface area contributed by atoms with Crippen molar-refractivity contribution in [1.29, 1.82) is 0 Å². The van der Waals surface area contributed by atoms with Crippen LogP contribution in [0, 0.1) is 11.6 Å². The molecule has 0 saturated carbocycles. The summed E-state index contributed by atoms with van der Waals surface area (Å²) >= 11 is 0. The van der Waals surface area contributed by atoms with Crippen LogP contribution in [-0.4, -0.2) is 0 Å². The van der Waals surface area contributed by atoms with E-state index >= 15 is 0 Å². The molecule has 1 nitrogen and oxygen atoms in total. The summed E-state index contributed by atoms with van der Waals surface area (Å²) in [5.74, 6) is -3.78. The average molecular weight is 380 g/mol. The van der Waals surface area contributed by atoms with Crippen molar-refractivity contribution >= 4 is 0 Å². The molecule has 0 aromatic heterocycles. The number of hydrogen-bond acceptors (Lipinski definition) is 1. The molecule has 0 aliphatic rings. The molecular formula is C18H15F7O. The Bertz CT molecular complexity index is 743. The summed E-state index contributed by atoms with van der Waals surface area (Å²) in [6.07, 6.45) is -9.93. The molecule has 0 aliphatic carbocycles. The van der Waals surface area contributed by atoms with Crippen molar-refractivity contribution in [2.24, 2.45) is 0 Å². The van der Waals surface area contributed by atoms with E-state index in [1.165, 1.54) is 12.1 Å². The molecule has 0 aliphatic heterocycles. The van der Waals surface area contributed by atoms with Gasteiger partial charge in [-0.3, -0.25) is 0 Å². The number of halogens is 7. The van der Waals surface area contributed by atoms with Gasteiger partial charge in [0.05, 0.1) is 11.7 Å². The van der Waals surface area contributed by atoms with Gasteiger partial charge in [0.2, 0.25) is 0 Å². The fraction of sp³-hybridized carbons (Fsp3) is 0.333. The van der Waals surface area contributed by atoms with Crippen molar-refractivity contribution in [2.45, 2.75) is 38.7 Å². The van der Waals surface area contributed by atoms with E-state index in [-0.39, 0.29) is 0 Å². The lowest BCUT2D eigenvalue weighted by molar-refractivity contribution is -0.272. The minimum atomic E-state index is -5.23. The second kappa shape index (κ2) is 7.26. The largest absolute Gasteiger partial charge is 0.422 e. The highest BCUT2D eigenvalue weighted by Crippen LogP contribution is 2.38. The molecule has 0 N–H and O–H groups in total. The van der Waals surface area contributed by atoms with Crippen LogP contribution in [0.1, 0.15) is 42.2 Å². The Balaban J connectivity index is 2.27. The molecule has 1 unspecified atom stereocenters. The lowest BCUT2D eigenvalue weighted by atomic mass is 10.1. The molecule has 0 fully saturated rings. The molecule has 8 heteroatoms. The molecule has 0 heterocycles. The van der Waals surface area contributed by atoms with E-state index in [2.05, 4.69) is 4.74 Å². The number of benzene rings is 2. The van der Waals surface area contributed by atoms with Crippen LogP contribution in [0.15, 0.2) is 36.4 Å². The Hall–Kier alpha value is -2.09. The zero-order valence-corrected chi connectivity index (χ0v) is 13.8. The van der Waals surface area contributed by atoms with E-state index in [1.54, 1.807) is 0 Å². The topological polar surface area (TPSA) is 9.23 Å². The molecule has 0 spiro atoms. The summed E-state index contributed by atoms with van der Waals surface area (Å²) in [6, 6.07) is 5.95. The number of hydrogen-bond donors (Lipinski definition) is 0. The highest BCUT2D eigenvalue weighted by atomic mass is 19.4. The van der Waals surface area contributed by atoms with Crippen molar-refractivity contribution in [2.75, 3.05) is 0 Å². The van der Waals surface area contributed by atoms with Gasteiger partial charge in [-0.1, -0.05) is 31.2 Å². The van der Waals surface area contributed by atoms with Crippen molar-refractivity contribution in [1.82, 2.24) is 0 Å². The SMILES string of the molecule is CCc1ccc(C(F)(F)OC(C)c2cc(F)c(C(F)(F)F)c(F)c2)cc1. The maximum atomic E-state index is 14.2. The van der Waals surface area contributed by atoms with E-state index in [0.717, 1.165) is 24.6 Å². The highest BCUT2D eigenvalue weighted by molar-refractivity contribution is 5.30. The standard InChI is InChI=1S/C18H15F7O/c1-3-11-4-6-13(7-5-11)18(24,25)26-10(2)12-8-14(19)16(15(20)9-12)17(21,22)23/h4-10H,3H2,1-2H3. The van der Waals surface area contributed by atoms with E-state index in [1.807, 2.05) is 6.92 Å². The number of ether oxygens (including phenoxy) is 1. The molecule has 142 valence electrons. The monoisotopic (exact) mass is 380 g/mol. The van der Waals surface area contributed by atoms with Gasteiger partial charge in [0.25, 0.3) is 0 Å². The Morgan fingerprint density at radius 2 is 1.42 bits per heavy atom. The van der Waals surface area contributed by atoms with Gasteiger partial charge in [-0.2, -0.15) is 22.0 Å². The fourth-order valence-electron chi connectivity index (χ4n) is 2.39. The molecule has 2 rings (SSSR count). The van der Waals surface area contributed by atoms with Gasteiger partial charge in [0.15, 0.2) is 0 Å². The first-order valence-electron chi connectivity index (χ1n) is 7.67. The zero-order chi connectivity index (χ0) is 19.7. The third-order valence-corrected chi connectivity index (χ3v) is 3.84. The number of rotatable bonds is 5. The normalized spacial score (nSPS) is 13.7. The van der Waals surface area contributed by atoms with Gasteiger partial charge >= 0.3 is 12.3 Å². The minimum absolute atomic E-state index is 0.340. The van der Waals surface area contributed by atoms with Crippen LogP contribution in [0.2, 0.25) is 0 Å². The Kier molecular flexibility index (Phi) is 5.65. The lowest BCUT2D eigenvalue weighted by Crippen LogP contribution is -2.21. The summed E-state index contributed by atoms with van der Waals surface area (Å²) in [4.78, 5) is 0. The molecular weight excluding hydrogens is 365 g/mol. The zero-order valence-electron chi connectivity index (χ0n) is 13.8. The molecule has 1 atom stereocenters. The van der Waals surface area contributed by atoms with E-state index in [0.29, 0.717) is 18.6 Å². The van der Waals surface area contributed by atoms with Crippen molar-refractivity contribution in [3.05, 3.63) is 70.3 Å². The van der Waals surface area contributed by atoms with Crippen LogP contribution in [0.25, 0.3) is 0 Å². The Labute approximate surface area is 145 Å². The highest BCUT2D eigenvalue weighted by Gasteiger charge is 2.39. The van der Waals surface area contributed by atoms with E-state index in [4.69, 9.17) is 0 Å². The van der Waals surface area contributed by atoms with Gasteiger partial charge in [0, 0.05) is 0 Å². The third kappa shape index (κ3) is 4.35. The summed E-state index contributed by atoms with van der Waals surface area (Å²) in [6.45, 7) is 2.91. The maximum absolute atomic E-state index is 14.2. The molecule has 0 amide bonds. The van der Waals surface area contributed by atoms with Crippen LogP contribution in [0.3, 0.4) is 0 Å². The van der Waals surface area contributed by atoms with E-state index in [9.17, 15) is 30.7 Å². The second-order valence-electron chi connectivity index (χ2n) is 5.68. The van der Waals surface area contributed by atoms with Crippen LogP contribution in [-0.2, 0) is 23.4 Å². The number of alkyl halides is 5. The summed E-state index contributed by atoms with van der Waals surface area (Å²) in [7, 11) is 0. The molecule has 2 aromatic carbocycles. The Morgan fingerprint density at radius 1 is 0.923 bits per heavy atom. The fourth-order valence-corrected chi connectivity index (χ4v) is 2.39. The maximum Gasteiger partial charge on any atom is 0.422 e. The van der Waals surface area contributed by atoms with Gasteiger partial charge < -0.3 is 4.74 Å². The number of aryl methyl sites for hydroxylation is 1. The lowest BCUT2D eigenvalue weighted by Gasteiger charge is -2.23. The summed E-state index contributed by atoms with van der Waals surface area (Å²) < 4.78 is 97.9. The predicted molar refractivity (Wildman–Crippen MR) is 80.6 cm³/mol. The smallest absolute Gasteiger partial charge is 0.309 e. The molecule has 0 radical (unpaired) electrons. The predicted octanol–water partition coefficient (Wildman–Crippen LogP) is 6.37. The van der Waals surface area contributed by atoms with Gasteiger partial charge in [0.1, 0.15) is 17.2 Å². The van der Waals surface area contributed by atoms with Crippen molar-refractivity contribution in [3.63, 3.8) is 0 Å². The first kappa shape index (κ1) is 20.2. The molecule has 2 aromatic rings. The quantitative estimate of drug-likeness (QED) is 0.548. The minimum Gasteiger partial charge on any atom is -0.309 e. The third-order valence-electron chi connectivity index (χ3n) is 3.84. The van der Waals surface area contributed by atoms with Crippen molar-refractivity contribution < 1.29 is 35.5 Å². The van der Waals surface area contributed by atoms with Gasteiger partial charge in [-0.15, -0.1) is 0 Å². The van der Waals surface area contributed by atoms with Crippen molar-refractivity contribution in [3.8, 4) is 0 Å². The van der Waals surface area contributed by atoms with Gasteiger partial charge in [-0.25, -0.2) is 8.78 Å². The van der Waals surface area contributed by atoms with Crippen LogP contribution < -0.4 is 0 Å². The molecule has 26 heavy (non-hydrogen) atoms. The van der Waals surface area contributed by atoms with Gasteiger partial charge in [-0.05, 0) is 36.6 Å². The summed E-state index contributed by atoms with van der Waals surface area (Å²) in [5.41, 5.74) is -2.20. The average Bonchev–Trinajstić information content (AvgIpc) is 2.52. The second-order valence-corrected chi connectivity index (χ2v) is 5.68. The molecule has 0 saturated heterocycles. The molecule has 0 bridgehead atoms. The first-order chi connectivity index (χ1) is 12.0. The Morgan fingerprint density at radius 3 is 1.85 bits per heavy atom. The van der Waals surface area contributed by atoms with Crippen LogP contribution in [0.4, 0.5) is 30.7 Å². The van der Waals surface area contributed by atoms with Crippen LogP contribution >= 0.6 is 0 Å². The first-order valence-corrected chi connectivity index (χ1v) is 7.67. The van der Waals surface area contributed by atoms with E-state index < -0.39 is 46.7 Å². The summed E-state index contributed by atoms with van der Waals surface area (Å²) in [5, 5.41) is 0.